The Hall–Kier alpha value is -0.0800. The first-order chi connectivity index (χ1) is 7.90. The molecule has 2 fully saturated rings. The van der Waals surface area contributed by atoms with Gasteiger partial charge in [-0.1, -0.05) is 32.1 Å². The summed E-state index contributed by atoms with van der Waals surface area (Å²) in [6.07, 6.45) is 11.7. The van der Waals surface area contributed by atoms with E-state index >= 15 is 0 Å². The average molecular weight is 224 g/mol. The van der Waals surface area contributed by atoms with E-state index in [0.29, 0.717) is 0 Å². The maximum absolute atomic E-state index is 3.33. The lowest BCUT2D eigenvalue weighted by molar-refractivity contribution is 0.196. The van der Waals surface area contributed by atoms with Crippen LogP contribution in [-0.2, 0) is 0 Å². The van der Waals surface area contributed by atoms with Gasteiger partial charge >= 0.3 is 0 Å². The van der Waals surface area contributed by atoms with Crippen LogP contribution in [0.3, 0.4) is 0 Å². The van der Waals surface area contributed by atoms with Gasteiger partial charge in [-0.25, -0.2) is 0 Å². The van der Waals surface area contributed by atoms with Crippen molar-refractivity contribution in [1.82, 2.24) is 10.2 Å². The number of likely N-dealkylation sites (tertiary alicyclic amines) is 1. The Labute approximate surface area is 101 Å². The van der Waals surface area contributed by atoms with Crippen LogP contribution in [0.1, 0.15) is 51.4 Å². The molecular weight excluding hydrogens is 196 g/mol. The van der Waals surface area contributed by atoms with E-state index in [2.05, 4.69) is 17.3 Å². The largest absolute Gasteiger partial charge is 0.319 e. The summed E-state index contributed by atoms with van der Waals surface area (Å²) in [5, 5.41) is 3.33. The molecule has 1 heterocycles. The quantitative estimate of drug-likeness (QED) is 0.793. The predicted octanol–water partition coefficient (Wildman–Crippen LogP) is 2.64. The average Bonchev–Trinajstić information content (AvgIpc) is 2.66. The fourth-order valence-electron chi connectivity index (χ4n) is 3.45. The zero-order chi connectivity index (χ0) is 11.2. The number of nitrogens with one attached hydrogen (secondary N) is 1. The fraction of sp³-hybridized carbons (Fsp3) is 1.00. The molecule has 0 radical (unpaired) electrons. The van der Waals surface area contributed by atoms with E-state index in [4.69, 9.17) is 0 Å². The molecule has 1 aliphatic heterocycles. The summed E-state index contributed by atoms with van der Waals surface area (Å²) in [6.45, 7) is 3.92. The van der Waals surface area contributed by atoms with Crippen LogP contribution in [0.15, 0.2) is 0 Å². The second-order valence-electron chi connectivity index (χ2n) is 5.71. The molecule has 2 aliphatic rings. The molecule has 16 heavy (non-hydrogen) atoms. The topological polar surface area (TPSA) is 15.3 Å². The van der Waals surface area contributed by atoms with Gasteiger partial charge in [0.1, 0.15) is 0 Å². The highest BCUT2D eigenvalue weighted by Gasteiger charge is 2.27. The summed E-state index contributed by atoms with van der Waals surface area (Å²) in [4.78, 5) is 2.79. The maximum atomic E-state index is 3.33. The zero-order valence-electron chi connectivity index (χ0n) is 10.9. The third kappa shape index (κ3) is 3.46. The summed E-state index contributed by atoms with van der Waals surface area (Å²) in [5.74, 6) is 0.912. The summed E-state index contributed by atoms with van der Waals surface area (Å²) >= 11 is 0. The predicted molar refractivity (Wildman–Crippen MR) is 69.7 cm³/mol. The van der Waals surface area contributed by atoms with Gasteiger partial charge in [-0.2, -0.15) is 0 Å². The Morgan fingerprint density at radius 2 is 1.69 bits per heavy atom. The molecule has 1 saturated heterocycles. The van der Waals surface area contributed by atoms with E-state index in [1.807, 2.05) is 0 Å². The summed E-state index contributed by atoms with van der Waals surface area (Å²) in [5.41, 5.74) is 0. The highest BCUT2D eigenvalue weighted by Crippen LogP contribution is 2.26. The van der Waals surface area contributed by atoms with E-state index < -0.39 is 0 Å². The van der Waals surface area contributed by atoms with Gasteiger partial charge in [0.15, 0.2) is 0 Å². The van der Waals surface area contributed by atoms with Crippen molar-refractivity contribution in [3.63, 3.8) is 0 Å². The number of rotatable bonds is 3. The SMILES string of the molecule is CNCC1CCN(C2CCCCCCC2)C1. The van der Waals surface area contributed by atoms with Gasteiger partial charge in [-0.3, -0.25) is 0 Å². The Kier molecular flexibility index (Phi) is 5.11. The first-order valence-electron chi connectivity index (χ1n) is 7.29. The normalized spacial score (nSPS) is 30.2. The number of hydrogen-bond acceptors (Lipinski definition) is 2. The first-order valence-corrected chi connectivity index (χ1v) is 7.29. The van der Waals surface area contributed by atoms with Crippen LogP contribution in [0.4, 0.5) is 0 Å². The molecule has 1 N–H and O–H groups in total. The van der Waals surface area contributed by atoms with E-state index in [1.54, 1.807) is 0 Å². The molecule has 1 aliphatic carbocycles. The minimum atomic E-state index is 0.912. The van der Waals surface area contributed by atoms with Crippen molar-refractivity contribution in [3.8, 4) is 0 Å². The van der Waals surface area contributed by atoms with E-state index in [9.17, 15) is 0 Å². The highest BCUT2D eigenvalue weighted by molar-refractivity contribution is 4.83. The van der Waals surface area contributed by atoms with Crippen LogP contribution in [0.2, 0.25) is 0 Å². The van der Waals surface area contributed by atoms with Gasteiger partial charge in [-0.15, -0.1) is 0 Å². The molecule has 0 aromatic rings. The Bertz CT molecular complexity index is 185. The van der Waals surface area contributed by atoms with Crippen LogP contribution in [-0.4, -0.2) is 37.6 Å². The van der Waals surface area contributed by atoms with Crippen LogP contribution in [0.25, 0.3) is 0 Å². The molecule has 0 aromatic carbocycles. The summed E-state index contributed by atoms with van der Waals surface area (Å²) in [6, 6.07) is 0.919. The van der Waals surface area contributed by atoms with E-state index in [-0.39, 0.29) is 0 Å². The third-order valence-corrected chi connectivity index (χ3v) is 4.40. The summed E-state index contributed by atoms with van der Waals surface area (Å²) in [7, 11) is 2.08. The molecule has 0 spiro atoms. The molecule has 1 unspecified atom stereocenters. The fourth-order valence-corrected chi connectivity index (χ4v) is 3.45. The second-order valence-corrected chi connectivity index (χ2v) is 5.71. The van der Waals surface area contributed by atoms with Crippen LogP contribution >= 0.6 is 0 Å². The molecule has 2 heteroatoms. The minimum absolute atomic E-state index is 0.912. The number of hydrogen-bond donors (Lipinski definition) is 1. The van der Waals surface area contributed by atoms with Crippen molar-refractivity contribution in [3.05, 3.63) is 0 Å². The molecule has 1 atom stereocenters. The van der Waals surface area contributed by atoms with Crippen molar-refractivity contribution in [2.45, 2.75) is 57.4 Å². The lowest BCUT2D eigenvalue weighted by atomic mass is 9.96. The lowest BCUT2D eigenvalue weighted by Crippen LogP contribution is -2.34. The number of nitrogens with zero attached hydrogens (tertiary/aromatic N) is 1. The highest BCUT2D eigenvalue weighted by atomic mass is 15.2. The van der Waals surface area contributed by atoms with Crippen molar-refractivity contribution < 1.29 is 0 Å². The van der Waals surface area contributed by atoms with Crippen LogP contribution in [0, 0.1) is 5.92 Å². The molecule has 0 amide bonds. The van der Waals surface area contributed by atoms with Gasteiger partial charge in [0, 0.05) is 12.6 Å². The van der Waals surface area contributed by atoms with E-state index in [0.717, 1.165) is 12.0 Å². The summed E-state index contributed by atoms with van der Waals surface area (Å²) < 4.78 is 0. The molecule has 1 saturated carbocycles. The Morgan fingerprint density at radius 1 is 1.00 bits per heavy atom. The van der Waals surface area contributed by atoms with Crippen molar-refractivity contribution in [2.24, 2.45) is 5.92 Å². The van der Waals surface area contributed by atoms with Crippen molar-refractivity contribution in [2.75, 3.05) is 26.7 Å². The van der Waals surface area contributed by atoms with E-state index in [1.165, 1.54) is 71.0 Å². The van der Waals surface area contributed by atoms with Gasteiger partial charge in [0.05, 0.1) is 0 Å². The lowest BCUT2D eigenvalue weighted by Gasteiger charge is -2.29. The monoisotopic (exact) mass is 224 g/mol. The van der Waals surface area contributed by atoms with Crippen molar-refractivity contribution >= 4 is 0 Å². The van der Waals surface area contributed by atoms with Crippen LogP contribution in [0.5, 0.6) is 0 Å². The van der Waals surface area contributed by atoms with Gasteiger partial charge in [0.2, 0.25) is 0 Å². The molecule has 0 bridgehead atoms. The van der Waals surface area contributed by atoms with Gasteiger partial charge < -0.3 is 10.2 Å². The van der Waals surface area contributed by atoms with Crippen molar-refractivity contribution in [1.29, 1.82) is 0 Å². The molecule has 0 aromatic heterocycles. The smallest absolute Gasteiger partial charge is 0.00953 e. The molecule has 2 nitrogen and oxygen atoms in total. The molecule has 94 valence electrons. The molecule has 2 rings (SSSR count). The standard InChI is InChI=1S/C14H28N2/c1-15-11-13-9-10-16(12-13)14-7-5-3-2-4-6-8-14/h13-15H,2-12H2,1H3. The first kappa shape index (κ1) is 12.4. The molecular formula is C14H28N2. The van der Waals surface area contributed by atoms with Crippen LogP contribution < -0.4 is 5.32 Å². The minimum Gasteiger partial charge on any atom is -0.319 e. The maximum Gasteiger partial charge on any atom is 0.00953 e. The van der Waals surface area contributed by atoms with Gasteiger partial charge in [0.25, 0.3) is 0 Å². The van der Waals surface area contributed by atoms with Gasteiger partial charge in [-0.05, 0) is 45.3 Å². The third-order valence-electron chi connectivity index (χ3n) is 4.40. The zero-order valence-corrected chi connectivity index (χ0v) is 10.9. The Morgan fingerprint density at radius 3 is 2.38 bits per heavy atom. The Balaban J connectivity index is 1.77. The second kappa shape index (κ2) is 6.61.